The lowest BCUT2D eigenvalue weighted by Gasteiger charge is -2.21. The van der Waals surface area contributed by atoms with Crippen molar-refractivity contribution in [3.8, 4) is 11.5 Å². The molecule has 1 heterocycles. The van der Waals surface area contributed by atoms with Crippen LogP contribution in [0, 0.1) is 5.82 Å². The van der Waals surface area contributed by atoms with Crippen LogP contribution in [0.1, 0.15) is 46.4 Å². The molecule has 1 aliphatic rings. The quantitative estimate of drug-likeness (QED) is 0.422. The number of nitrogens with zero attached hydrogens (tertiary/aromatic N) is 1. The second kappa shape index (κ2) is 10.8. The Kier molecular flexibility index (Phi) is 8.04. The van der Waals surface area contributed by atoms with E-state index in [1.807, 2.05) is 0 Å². The summed E-state index contributed by atoms with van der Waals surface area (Å²) in [6.45, 7) is 0.118. The van der Waals surface area contributed by atoms with Crippen LogP contribution in [0.5, 0.6) is 11.5 Å². The van der Waals surface area contributed by atoms with Crippen LogP contribution >= 0.6 is 0 Å². The first kappa shape index (κ1) is 24.7. The Labute approximate surface area is 192 Å². The van der Waals surface area contributed by atoms with Crippen LogP contribution in [0.25, 0.3) is 0 Å². The van der Waals surface area contributed by atoms with Crippen molar-refractivity contribution in [2.45, 2.75) is 30.6 Å². The van der Waals surface area contributed by atoms with Gasteiger partial charge in [0, 0.05) is 13.1 Å². The Morgan fingerprint density at radius 1 is 0.939 bits per heavy atom. The van der Waals surface area contributed by atoms with E-state index in [9.17, 15) is 22.4 Å². The number of hydrogen-bond acceptors (Lipinski definition) is 7. The molecule has 0 atom stereocenters. The van der Waals surface area contributed by atoms with Crippen LogP contribution in [0.15, 0.2) is 41.3 Å². The van der Waals surface area contributed by atoms with Crippen molar-refractivity contribution in [3.63, 3.8) is 0 Å². The van der Waals surface area contributed by atoms with E-state index in [0.717, 1.165) is 37.8 Å². The van der Waals surface area contributed by atoms with E-state index in [1.54, 1.807) is 0 Å². The maximum absolute atomic E-state index is 13.5. The van der Waals surface area contributed by atoms with Crippen LogP contribution in [0.3, 0.4) is 0 Å². The third kappa shape index (κ3) is 5.69. The normalized spacial score (nSPS) is 14.9. The van der Waals surface area contributed by atoms with Crippen molar-refractivity contribution in [2.24, 2.45) is 0 Å². The summed E-state index contributed by atoms with van der Waals surface area (Å²) in [4.78, 5) is 24.9. The van der Waals surface area contributed by atoms with Gasteiger partial charge in [0.2, 0.25) is 15.8 Å². The highest BCUT2D eigenvalue weighted by atomic mass is 32.2. The first-order chi connectivity index (χ1) is 15.8. The first-order valence-corrected chi connectivity index (χ1v) is 11.9. The topological polar surface area (TPSA) is 99.2 Å². The third-order valence-corrected chi connectivity index (χ3v) is 7.30. The zero-order valence-corrected chi connectivity index (χ0v) is 19.3. The van der Waals surface area contributed by atoms with E-state index in [4.69, 9.17) is 14.2 Å². The highest BCUT2D eigenvalue weighted by molar-refractivity contribution is 7.89. The molecule has 0 unspecified atom stereocenters. The van der Waals surface area contributed by atoms with Crippen LogP contribution in [-0.4, -0.2) is 58.4 Å². The summed E-state index contributed by atoms with van der Waals surface area (Å²) in [5.74, 6) is -1.94. The van der Waals surface area contributed by atoms with E-state index in [1.165, 1.54) is 42.8 Å². The van der Waals surface area contributed by atoms with Crippen LogP contribution < -0.4 is 9.47 Å². The largest absolute Gasteiger partial charge is 0.496 e. The molecule has 0 aromatic heterocycles. The number of hydrogen-bond donors (Lipinski definition) is 0. The highest BCUT2D eigenvalue weighted by Gasteiger charge is 2.29. The average Bonchev–Trinajstić information content (AvgIpc) is 3.12. The van der Waals surface area contributed by atoms with Crippen LogP contribution in [0.4, 0.5) is 4.39 Å². The zero-order chi connectivity index (χ0) is 24.0. The predicted molar refractivity (Wildman–Crippen MR) is 118 cm³/mol. The standard InChI is InChI=1S/C23H26FNO7S/c1-30-20-10-8-17(24)14-18(20)19(26)15-32-23(27)16-7-9-21(31-2)22(13-16)33(28,29)25-11-5-3-4-6-12-25/h7-10,13-14H,3-6,11-12,15H2,1-2H3. The number of carbonyl (C=O) groups excluding carboxylic acids is 2. The fraction of sp³-hybridized carbons (Fsp3) is 0.391. The van der Waals surface area contributed by atoms with Crippen molar-refractivity contribution in [1.82, 2.24) is 4.31 Å². The summed E-state index contributed by atoms with van der Waals surface area (Å²) < 4.78 is 56.7. The maximum Gasteiger partial charge on any atom is 0.338 e. The second-order valence-corrected chi connectivity index (χ2v) is 9.43. The molecule has 3 rings (SSSR count). The number of halogens is 1. The molecule has 0 bridgehead atoms. The molecule has 0 aliphatic carbocycles. The number of rotatable bonds is 8. The number of ketones is 1. The summed E-state index contributed by atoms with van der Waals surface area (Å²) in [5, 5.41) is 0. The number of benzene rings is 2. The minimum Gasteiger partial charge on any atom is -0.496 e. The third-order valence-electron chi connectivity index (χ3n) is 5.38. The van der Waals surface area contributed by atoms with Gasteiger partial charge in [-0.1, -0.05) is 12.8 Å². The maximum atomic E-state index is 13.5. The number of esters is 1. The van der Waals surface area contributed by atoms with Crippen molar-refractivity contribution in [2.75, 3.05) is 33.9 Å². The zero-order valence-electron chi connectivity index (χ0n) is 18.5. The van der Waals surface area contributed by atoms with Gasteiger partial charge in [-0.3, -0.25) is 4.79 Å². The Balaban J connectivity index is 1.80. The molecule has 10 heteroatoms. The summed E-state index contributed by atoms with van der Waals surface area (Å²) in [5.41, 5.74) is -0.118. The van der Waals surface area contributed by atoms with Gasteiger partial charge in [0.05, 0.1) is 25.3 Å². The second-order valence-electron chi connectivity index (χ2n) is 7.53. The number of Topliss-reactive ketones (excluding diaryl/α,β-unsaturated/α-hetero) is 1. The van der Waals surface area contributed by atoms with Gasteiger partial charge in [-0.15, -0.1) is 0 Å². The molecule has 1 fully saturated rings. The molecule has 1 aliphatic heterocycles. The van der Waals surface area contributed by atoms with Crippen molar-refractivity contribution in [3.05, 3.63) is 53.3 Å². The van der Waals surface area contributed by atoms with E-state index in [2.05, 4.69) is 0 Å². The predicted octanol–water partition coefficient (Wildman–Crippen LogP) is 3.45. The van der Waals surface area contributed by atoms with Crippen LogP contribution in [0.2, 0.25) is 0 Å². The van der Waals surface area contributed by atoms with E-state index < -0.39 is 34.2 Å². The first-order valence-electron chi connectivity index (χ1n) is 10.5. The molecule has 2 aromatic carbocycles. The lowest BCUT2D eigenvalue weighted by Crippen LogP contribution is -2.32. The molecule has 33 heavy (non-hydrogen) atoms. The molecule has 0 amide bonds. The minimum absolute atomic E-state index is 0.0526. The number of methoxy groups -OCH3 is 2. The number of ether oxygens (including phenoxy) is 3. The average molecular weight is 480 g/mol. The fourth-order valence-corrected chi connectivity index (χ4v) is 5.32. The van der Waals surface area contributed by atoms with Crippen molar-refractivity contribution in [1.29, 1.82) is 0 Å². The van der Waals surface area contributed by atoms with E-state index in [0.29, 0.717) is 13.1 Å². The minimum atomic E-state index is -3.90. The lowest BCUT2D eigenvalue weighted by atomic mass is 10.1. The van der Waals surface area contributed by atoms with Gasteiger partial charge < -0.3 is 14.2 Å². The van der Waals surface area contributed by atoms with E-state index >= 15 is 0 Å². The lowest BCUT2D eigenvalue weighted by molar-refractivity contribution is 0.0473. The summed E-state index contributed by atoms with van der Waals surface area (Å²) in [6, 6.07) is 7.36. The molecule has 0 radical (unpaired) electrons. The van der Waals surface area contributed by atoms with Gasteiger partial charge in [0.15, 0.2) is 6.61 Å². The summed E-state index contributed by atoms with van der Waals surface area (Å²) >= 11 is 0. The van der Waals surface area contributed by atoms with Gasteiger partial charge in [-0.2, -0.15) is 4.31 Å². The van der Waals surface area contributed by atoms with Gasteiger partial charge >= 0.3 is 5.97 Å². The molecule has 2 aromatic rings. The monoisotopic (exact) mass is 479 g/mol. The Morgan fingerprint density at radius 2 is 1.58 bits per heavy atom. The van der Waals surface area contributed by atoms with Gasteiger partial charge in [0.25, 0.3) is 0 Å². The molecular formula is C23H26FNO7S. The molecule has 1 saturated heterocycles. The molecule has 0 saturated carbocycles. The molecule has 178 valence electrons. The Morgan fingerprint density at radius 3 is 2.21 bits per heavy atom. The van der Waals surface area contributed by atoms with Gasteiger partial charge in [-0.05, 0) is 49.2 Å². The van der Waals surface area contributed by atoms with Gasteiger partial charge in [0.1, 0.15) is 22.2 Å². The molecular weight excluding hydrogens is 453 g/mol. The molecule has 8 nitrogen and oxygen atoms in total. The SMILES string of the molecule is COc1ccc(F)cc1C(=O)COC(=O)c1ccc(OC)c(S(=O)(=O)N2CCCCCC2)c1. The molecule has 0 N–H and O–H groups in total. The summed E-state index contributed by atoms with van der Waals surface area (Å²) in [6.07, 6.45) is 3.43. The highest BCUT2D eigenvalue weighted by Crippen LogP contribution is 2.30. The smallest absolute Gasteiger partial charge is 0.338 e. The fourth-order valence-electron chi connectivity index (χ4n) is 3.62. The number of carbonyl (C=O) groups is 2. The van der Waals surface area contributed by atoms with Gasteiger partial charge in [-0.25, -0.2) is 17.6 Å². The van der Waals surface area contributed by atoms with Crippen molar-refractivity contribution < 1.29 is 36.6 Å². The van der Waals surface area contributed by atoms with Crippen molar-refractivity contribution >= 4 is 21.8 Å². The number of sulfonamides is 1. The van der Waals surface area contributed by atoms with Crippen LogP contribution in [-0.2, 0) is 14.8 Å². The summed E-state index contributed by atoms with van der Waals surface area (Å²) in [7, 11) is -1.22. The molecule has 0 spiro atoms. The van der Waals surface area contributed by atoms with E-state index in [-0.39, 0.29) is 27.5 Å². The Hall–Kier alpha value is -2.98. The Bertz CT molecular complexity index is 1130.